The lowest BCUT2D eigenvalue weighted by Crippen LogP contribution is -1.96. The number of hydrogen-bond acceptors (Lipinski definition) is 1. The molecule has 1 aromatic heterocycles. The van der Waals surface area contributed by atoms with Crippen molar-refractivity contribution in [3.8, 4) is 0 Å². The number of aromatic nitrogens is 1. The van der Waals surface area contributed by atoms with Gasteiger partial charge in [0.05, 0.1) is 0 Å². The fraction of sp³-hybridized carbons (Fsp3) is 0.400. The number of aryl methyl sites for hydroxylation is 1. The highest BCUT2D eigenvalue weighted by molar-refractivity contribution is 5.47. The van der Waals surface area contributed by atoms with E-state index in [9.17, 15) is 0 Å². The van der Waals surface area contributed by atoms with Crippen LogP contribution in [0.25, 0.3) is 6.08 Å². The Bertz CT molecular complexity index is 248. The average molecular weight is 164 g/mol. The minimum absolute atomic E-state index is 0.777. The molecule has 1 aromatic rings. The van der Waals surface area contributed by atoms with Crippen LogP contribution in [-0.4, -0.2) is 11.1 Å². The van der Waals surface area contributed by atoms with E-state index in [1.54, 1.807) is 0 Å². The Morgan fingerprint density at radius 1 is 1.58 bits per heavy atom. The molecule has 2 nitrogen and oxygen atoms in total. The number of allylic oxidation sites excluding steroid dienone is 1. The first-order valence-corrected chi connectivity index (χ1v) is 4.31. The number of hydrogen-bond donors (Lipinski definition) is 1. The van der Waals surface area contributed by atoms with E-state index in [0.29, 0.717) is 0 Å². The van der Waals surface area contributed by atoms with Crippen LogP contribution in [0.4, 0.5) is 0 Å². The van der Waals surface area contributed by atoms with E-state index in [2.05, 4.69) is 24.4 Å². The molecule has 0 spiro atoms. The summed E-state index contributed by atoms with van der Waals surface area (Å²) in [6.07, 6.45) is 10.6. The maximum atomic E-state index is 5.37. The third kappa shape index (κ3) is 2.93. The summed E-state index contributed by atoms with van der Waals surface area (Å²) < 4.78 is 2.04. The number of nitrogens with two attached hydrogens (primary N) is 1. The highest BCUT2D eigenvalue weighted by Crippen LogP contribution is 2.03. The molecule has 0 aliphatic heterocycles. The van der Waals surface area contributed by atoms with Gasteiger partial charge in [0.1, 0.15) is 0 Å². The quantitative estimate of drug-likeness (QED) is 0.676. The van der Waals surface area contributed by atoms with Gasteiger partial charge in [-0.1, -0.05) is 12.2 Å². The predicted molar refractivity (Wildman–Crippen MR) is 52.7 cm³/mol. The van der Waals surface area contributed by atoms with Crippen LogP contribution in [0.5, 0.6) is 0 Å². The van der Waals surface area contributed by atoms with Crippen LogP contribution >= 0.6 is 0 Å². The van der Waals surface area contributed by atoms with Crippen LogP contribution in [0.15, 0.2) is 24.5 Å². The zero-order valence-corrected chi connectivity index (χ0v) is 7.53. The van der Waals surface area contributed by atoms with Crippen molar-refractivity contribution in [1.82, 2.24) is 4.57 Å². The molecule has 0 saturated heterocycles. The van der Waals surface area contributed by atoms with Crippen molar-refractivity contribution in [1.29, 1.82) is 0 Å². The molecule has 0 fully saturated rings. The molecule has 0 aromatic carbocycles. The van der Waals surface area contributed by atoms with Crippen LogP contribution in [0, 0.1) is 0 Å². The monoisotopic (exact) mass is 164 g/mol. The van der Waals surface area contributed by atoms with E-state index in [1.165, 1.54) is 5.56 Å². The molecule has 2 heteroatoms. The van der Waals surface area contributed by atoms with Crippen LogP contribution in [0.1, 0.15) is 18.4 Å². The molecule has 0 saturated carbocycles. The second-order valence-electron chi connectivity index (χ2n) is 2.94. The minimum Gasteiger partial charge on any atom is -0.357 e. The normalized spacial score (nSPS) is 11.2. The van der Waals surface area contributed by atoms with Crippen molar-refractivity contribution < 1.29 is 0 Å². The molecule has 1 rings (SSSR count). The van der Waals surface area contributed by atoms with Gasteiger partial charge in [-0.05, 0) is 31.0 Å². The molecule has 0 aliphatic rings. The summed E-state index contributed by atoms with van der Waals surface area (Å²) in [5, 5.41) is 0. The largest absolute Gasteiger partial charge is 0.357 e. The highest BCUT2D eigenvalue weighted by atomic mass is 14.9. The van der Waals surface area contributed by atoms with Gasteiger partial charge in [0.2, 0.25) is 0 Å². The van der Waals surface area contributed by atoms with Crippen molar-refractivity contribution in [2.24, 2.45) is 12.8 Å². The Hall–Kier alpha value is -1.02. The summed E-state index contributed by atoms with van der Waals surface area (Å²) >= 11 is 0. The smallest absolute Gasteiger partial charge is 0.0106 e. The SMILES string of the molecule is Cn1ccc(/C=C/CCCN)c1. The topological polar surface area (TPSA) is 30.9 Å². The van der Waals surface area contributed by atoms with Gasteiger partial charge in [0, 0.05) is 19.4 Å². The molecule has 0 aliphatic carbocycles. The number of unbranched alkanes of at least 4 members (excludes halogenated alkanes) is 1. The minimum atomic E-state index is 0.777. The lowest BCUT2D eigenvalue weighted by Gasteiger charge is -1.88. The predicted octanol–water partition coefficient (Wildman–Crippen LogP) is 1.78. The van der Waals surface area contributed by atoms with E-state index in [4.69, 9.17) is 5.73 Å². The van der Waals surface area contributed by atoms with Crippen molar-refractivity contribution in [3.63, 3.8) is 0 Å². The summed E-state index contributed by atoms with van der Waals surface area (Å²) in [5.41, 5.74) is 6.63. The summed E-state index contributed by atoms with van der Waals surface area (Å²) in [7, 11) is 2.03. The zero-order valence-electron chi connectivity index (χ0n) is 7.53. The van der Waals surface area contributed by atoms with Crippen LogP contribution in [0.2, 0.25) is 0 Å². The van der Waals surface area contributed by atoms with Gasteiger partial charge in [-0.2, -0.15) is 0 Å². The maximum absolute atomic E-state index is 5.37. The Morgan fingerprint density at radius 2 is 2.42 bits per heavy atom. The van der Waals surface area contributed by atoms with Gasteiger partial charge in [-0.25, -0.2) is 0 Å². The van der Waals surface area contributed by atoms with Gasteiger partial charge in [-0.15, -0.1) is 0 Å². The first-order chi connectivity index (χ1) is 5.83. The highest BCUT2D eigenvalue weighted by Gasteiger charge is 1.86. The molecule has 0 atom stereocenters. The molecule has 2 N–H and O–H groups in total. The second-order valence-corrected chi connectivity index (χ2v) is 2.94. The molecular formula is C10H16N2. The summed E-state index contributed by atoms with van der Waals surface area (Å²) in [5.74, 6) is 0. The second kappa shape index (κ2) is 4.78. The first kappa shape index (κ1) is 9.07. The van der Waals surface area contributed by atoms with Gasteiger partial charge in [0.15, 0.2) is 0 Å². The lowest BCUT2D eigenvalue weighted by atomic mass is 10.2. The Morgan fingerprint density at radius 3 is 3.00 bits per heavy atom. The molecular weight excluding hydrogens is 148 g/mol. The van der Waals surface area contributed by atoms with Gasteiger partial charge in [0.25, 0.3) is 0 Å². The third-order valence-electron chi connectivity index (χ3n) is 1.74. The van der Waals surface area contributed by atoms with Gasteiger partial charge >= 0.3 is 0 Å². The van der Waals surface area contributed by atoms with E-state index >= 15 is 0 Å². The van der Waals surface area contributed by atoms with Crippen molar-refractivity contribution in [2.75, 3.05) is 6.54 Å². The maximum Gasteiger partial charge on any atom is 0.0106 e. The molecule has 0 radical (unpaired) electrons. The van der Waals surface area contributed by atoms with Crippen molar-refractivity contribution in [2.45, 2.75) is 12.8 Å². The zero-order chi connectivity index (χ0) is 8.81. The van der Waals surface area contributed by atoms with E-state index in [1.807, 2.05) is 17.8 Å². The Kier molecular flexibility index (Phi) is 3.61. The van der Waals surface area contributed by atoms with Crippen LogP contribution in [-0.2, 0) is 7.05 Å². The van der Waals surface area contributed by atoms with Crippen molar-refractivity contribution >= 4 is 6.08 Å². The van der Waals surface area contributed by atoms with Gasteiger partial charge in [-0.3, -0.25) is 0 Å². The Balaban J connectivity index is 2.36. The summed E-state index contributed by atoms with van der Waals surface area (Å²) in [6, 6.07) is 2.10. The first-order valence-electron chi connectivity index (χ1n) is 4.31. The van der Waals surface area contributed by atoms with Crippen molar-refractivity contribution in [3.05, 3.63) is 30.1 Å². The van der Waals surface area contributed by atoms with Crippen LogP contribution < -0.4 is 5.73 Å². The number of nitrogens with zero attached hydrogens (tertiary/aromatic N) is 1. The molecule has 0 amide bonds. The molecule has 0 bridgehead atoms. The van der Waals surface area contributed by atoms with E-state index in [-0.39, 0.29) is 0 Å². The molecule has 1 heterocycles. The molecule has 66 valence electrons. The molecule has 0 unspecified atom stereocenters. The van der Waals surface area contributed by atoms with E-state index < -0.39 is 0 Å². The number of rotatable bonds is 4. The van der Waals surface area contributed by atoms with Gasteiger partial charge < -0.3 is 10.3 Å². The third-order valence-corrected chi connectivity index (χ3v) is 1.74. The standard InChI is InChI=1S/C10H16N2/c1-12-8-6-10(9-12)5-3-2-4-7-11/h3,5-6,8-9H,2,4,7,11H2,1H3/b5-3+. The fourth-order valence-electron chi connectivity index (χ4n) is 1.08. The summed E-state index contributed by atoms with van der Waals surface area (Å²) in [4.78, 5) is 0. The summed E-state index contributed by atoms with van der Waals surface area (Å²) in [6.45, 7) is 0.777. The Labute approximate surface area is 73.7 Å². The average Bonchev–Trinajstić information content (AvgIpc) is 2.45. The lowest BCUT2D eigenvalue weighted by molar-refractivity contribution is 0.857. The molecule has 12 heavy (non-hydrogen) atoms. The van der Waals surface area contributed by atoms with Crippen LogP contribution in [0.3, 0.4) is 0 Å². The fourth-order valence-corrected chi connectivity index (χ4v) is 1.08. The van der Waals surface area contributed by atoms with E-state index in [0.717, 1.165) is 19.4 Å².